The zero-order valence-electron chi connectivity index (χ0n) is 30.7. The molecular formula is C28H50N3O21P5. The Morgan fingerprint density at radius 3 is 1.60 bits per heavy atom. The highest BCUT2D eigenvalue weighted by atomic mass is 31.3. The van der Waals surface area contributed by atoms with E-state index in [0.29, 0.717) is 64.5 Å². The number of benzene rings is 1. The molecule has 0 radical (unpaired) electrons. The maximum atomic E-state index is 12.2. The molecule has 0 aliphatic rings. The normalized spacial score (nSPS) is 16.0. The van der Waals surface area contributed by atoms with Gasteiger partial charge >= 0.3 is 39.1 Å². The zero-order valence-corrected chi connectivity index (χ0v) is 35.2. The molecule has 8 N–H and O–H groups in total. The van der Waals surface area contributed by atoms with Gasteiger partial charge in [0.1, 0.15) is 5.78 Å². The van der Waals surface area contributed by atoms with E-state index in [4.69, 9.17) is 14.7 Å². The monoisotopic (exact) mass is 919 g/mol. The molecule has 0 saturated carbocycles. The predicted octanol–water partition coefficient (Wildman–Crippen LogP) is 5.37. The number of nitrogens with one attached hydrogen (secondary N) is 2. The van der Waals surface area contributed by atoms with E-state index in [1.54, 1.807) is 12.1 Å². The van der Waals surface area contributed by atoms with Crippen LogP contribution in [0.2, 0.25) is 0 Å². The van der Waals surface area contributed by atoms with Gasteiger partial charge in [0.25, 0.3) is 5.69 Å². The number of nitro groups is 1. The number of nitrogens with zero attached hydrogens (tertiary/aromatic N) is 1. The molecule has 0 saturated heterocycles. The third-order valence-electron chi connectivity index (χ3n) is 7.30. The van der Waals surface area contributed by atoms with E-state index in [1.165, 1.54) is 12.1 Å². The number of aryl methyl sites for hydroxylation is 1. The Morgan fingerprint density at radius 1 is 0.596 bits per heavy atom. The molecule has 328 valence electrons. The minimum atomic E-state index is -6.16. The highest BCUT2D eigenvalue weighted by Gasteiger charge is 2.47. The maximum absolute atomic E-state index is 12.2. The number of phosphoric ester groups is 1. The summed E-state index contributed by atoms with van der Waals surface area (Å²) < 4.78 is 75.6. The van der Waals surface area contributed by atoms with Crippen LogP contribution in [0, 0.1) is 10.1 Å². The van der Waals surface area contributed by atoms with Gasteiger partial charge in [-0.3, -0.25) is 29.0 Å². The van der Waals surface area contributed by atoms with Crippen LogP contribution in [-0.2, 0) is 65.4 Å². The van der Waals surface area contributed by atoms with E-state index in [0.717, 1.165) is 44.1 Å². The molecule has 4 unspecified atom stereocenters. The van der Waals surface area contributed by atoms with Crippen LogP contribution < -0.4 is 10.6 Å². The molecule has 1 aromatic carbocycles. The summed E-state index contributed by atoms with van der Waals surface area (Å²) in [4.78, 5) is 101. The molecule has 0 aromatic heterocycles. The van der Waals surface area contributed by atoms with Crippen molar-refractivity contribution in [2.45, 2.75) is 103 Å². The molecular weight excluding hydrogens is 869 g/mol. The number of carbonyl (C=O) groups is 3. The summed E-state index contributed by atoms with van der Waals surface area (Å²) in [5.74, 6) is -0.110. The van der Waals surface area contributed by atoms with E-state index >= 15 is 0 Å². The van der Waals surface area contributed by atoms with Crippen molar-refractivity contribution in [1.82, 2.24) is 10.6 Å². The lowest BCUT2D eigenvalue weighted by atomic mass is 10.0. The summed E-state index contributed by atoms with van der Waals surface area (Å²) in [5, 5.41) is 16.4. The Balaban J connectivity index is 2.04. The molecule has 4 atom stereocenters. The quantitative estimate of drug-likeness (QED) is 0.0190. The number of carbonyl (C=O) groups excluding carboxylic acids is 3. The maximum Gasteiger partial charge on any atom is 0.490 e. The van der Waals surface area contributed by atoms with Crippen molar-refractivity contribution in [1.29, 1.82) is 0 Å². The van der Waals surface area contributed by atoms with Crippen molar-refractivity contribution in [3.05, 3.63) is 39.9 Å². The van der Waals surface area contributed by atoms with Gasteiger partial charge in [0, 0.05) is 50.9 Å². The average Bonchev–Trinajstić information content (AvgIpc) is 3.05. The van der Waals surface area contributed by atoms with Crippen molar-refractivity contribution in [3.8, 4) is 0 Å². The Hall–Kier alpha value is -2.06. The van der Waals surface area contributed by atoms with Crippen molar-refractivity contribution >= 4 is 62.4 Å². The molecule has 0 aliphatic carbocycles. The number of rotatable bonds is 33. The van der Waals surface area contributed by atoms with E-state index in [-0.39, 0.29) is 36.1 Å². The number of phosphoric acid groups is 5. The number of amides is 2. The second-order valence-corrected chi connectivity index (χ2v) is 19.9. The fourth-order valence-electron chi connectivity index (χ4n) is 4.78. The van der Waals surface area contributed by atoms with Crippen molar-refractivity contribution in [2.24, 2.45) is 0 Å². The van der Waals surface area contributed by atoms with Crippen LogP contribution in [0.1, 0.15) is 102 Å². The molecule has 57 heavy (non-hydrogen) atoms. The lowest BCUT2D eigenvalue weighted by Gasteiger charge is -2.19. The molecule has 24 nitrogen and oxygen atoms in total. The molecule has 0 heterocycles. The third-order valence-corrected chi connectivity index (χ3v) is 14.4. The molecule has 0 fully saturated rings. The van der Waals surface area contributed by atoms with Crippen molar-refractivity contribution in [2.75, 3.05) is 19.7 Å². The van der Waals surface area contributed by atoms with Gasteiger partial charge in [0.2, 0.25) is 11.8 Å². The van der Waals surface area contributed by atoms with Crippen LogP contribution >= 0.6 is 39.1 Å². The van der Waals surface area contributed by atoms with Gasteiger partial charge < -0.3 is 40.0 Å². The molecule has 0 spiro atoms. The summed E-state index contributed by atoms with van der Waals surface area (Å²) in [7, 11) is -29.4. The van der Waals surface area contributed by atoms with Crippen molar-refractivity contribution < 1.29 is 93.3 Å². The number of Topliss-reactive ketones (excluding diaryl/α,β-unsaturated/α-hetero) is 1. The Kier molecular flexibility index (Phi) is 24.4. The first kappa shape index (κ1) is 53.0. The second-order valence-electron chi connectivity index (χ2n) is 12.3. The summed E-state index contributed by atoms with van der Waals surface area (Å²) in [6, 6.07) is 6.17. The fraction of sp³-hybridized carbons (Fsp3) is 0.679. The smallest absolute Gasteiger partial charge is 0.356 e. The van der Waals surface area contributed by atoms with Crippen LogP contribution in [0.25, 0.3) is 0 Å². The van der Waals surface area contributed by atoms with Crippen LogP contribution in [-0.4, -0.2) is 71.6 Å². The number of ketones is 1. The van der Waals surface area contributed by atoms with Crippen LogP contribution in [0.4, 0.5) is 5.69 Å². The minimum absolute atomic E-state index is 0.0128. The van der Waals surface area contributed by atoms with Gasteiger partial charge in [-0.25, -0.2) is 22.8 Å². The Morgan fingerprint density at radius 2 is 1.05 bits per heavy atom. The molecule has 2 amide bonds. The first-order valence-corrected chi connectivity index (χ1v) is 25.1. The lowest BCUT2D eigenvalue weighted by Crippen LogP contribution is -2.24. The standard InChI is InChI=1S/C28H50N3O21P5/c32-26(16-7-5-10-21-30-28(34)19-18-24-13-12-14-25(23-24)31(35)36)15-6-1-2-8-17-27(33)29-20-9-3-4-11-22-48-54(40,41)50-56(44,45)52-57(46,47)51-55(42,43)49-53(37,38)39/h12-14,23H,1-11,15-22H2,(H,29,33)(H,30,34)(H,40,41)(H,42,43)(H,44,45)(H,46,47)(H2,37,38,39). The third kappa shape index (κ3) is 28.9. The molecule has 1 rings (SSSR count). The van der Waals surface area contributed by atoms with Gasteiger partial charge in [-0.05, 0) is 50.5 Å². The summed E-state index contributed by atoms with van der Waals surface area (Å²) in [6.45, 7) is 0.351. The van der Waals surface area contributed by atoms with Gasteiger partial charge in [-0.15, -0.1) is 0 Å². The van der Waals surface area contributed by atoms with E-state index in [9.17, 15) is 62.0 Å². The van der Waals surface area contributed by atoms with Gasteiger partial charge in [0.15, 0.2) is 0 Å². The van der Waals surface area contributed by atoms with Crippen LogP contribution in [0.3, 0.4) is 0 Å². The largest absolute Gasteiger partial charge is 0.490 e. The van der Waals surface area contributed by atoms with Gasteiger partial charge in [-0.1, -0.05) is 44.2 Å². The lowest BCUT2D eigenvalue weighted by molar-refractivity contribution is -0.384. The van der Waals surface area contributed by atoms with Crippen molar-refractivity contribution in [3.63, 3.8) is 0 Å². The average molecular weight is 920 g/mol. The fourth-order valence-corrected chi connectivity index (χ4v) is 10.7. The highest BCUT2D eigenvalue weighted by molar-refractivity contribution is 7.71. The number of unbranched alkanes of at least 4 members (excludes halogenated alkanes) is 8. The van der Waals surface area contributed by atoms with E-state index < -0.39 is 50.6 Å². The highest BCUT2D eigenvalue weighted by Crippen LogP contribution is 2.73. The molecule has 29 heteroatoms. The van der Waals surface area contributed by atoms with E-state index in [1.807, 2.05) is 0 Å². The van der Waals surface area contributed by atoms with Crippen LogP contribution in [0.15, 0.2) is 24.3 Å². The molecule has 0 bridgehead atoms. The Labute approximate surface area is 328 Å². The SMILES string of the molecule is O=C(CCCCCCC(=O)NCCCCCCOP(=O)(O)OP(=O)(O)OP(=O)(O)OP(=O)(O)OP(=O)(O)O)CCCCCNC(=O)CCc1cccc([N+](=O)[O-])c1. The van der Waals surface area contributed by atoms with Gasteiger partial charge in [-0.2, -0.15) is 17.2 Å². The number of hydrogen-bond acceptors (Lipinski definition) is 15. The summed E-state index contributed by atoms with van der Waals surface area (Å²) >= 11 is 0. The number of hydrogen-bond donors (Lipinski definition) is 8. The topological polar surface area (TPSA) is 371 Å². The Bertz CT molecular complexity index is 1710. The number of nitro benzene ring substituents is 1. The molecule has 1 aromatic rings. The van der Waals surface area contributed by atoms with E-state index in [2.05, 4.69) is 32.4 Å². The predicted molar refractivity (Wildman–Crippen MR) is 199 cm³/mol. The second kappa shape index (κ2) is 26.2. The summed E-state index contributed by atoms with van der Waals surface area (Å²) in [6.07, 6.45) is 8.73. The number of non-ortho nitro benzene ring substituents is 1. The first-order valence-electron chi connectivity index (χ1n) is 17.5. The molecule has 0 aliphatic heterocycles. The zero-order chi connectivity index (χ0) is 43.2. The minimum Gasteiger partial charge on any atom is -0.356 e. The first-order chi connectivity index (χ1) is 26.4. The van der Waals surface area contributed by atoms with Gasteiger partial charge in [0.05, 0.1) is 11.5 Å². The summed E-state index contributed by atoms with van der Waals surface area (Å²) in [5.41, 5.74) is 0.705. The van der Waals surface area contributed by atoms with Crippen LogP contribution in [0.5, 0.6) is 0 Å².